The zero-order chi connectivity index (χ0) is 18.4. The molecule has 2 heterocycles. The molecule has 1 saturated heterocycles. The zero-order valence-corrected chi connectivity index (χ0v) is 16.2. The lowest BCUT2D eigenvalue weighted by Crippen LogP contribution is -2.44. The topological polar surface area (TPSA) is 54.7 Å². The molecule has 0 radical (unpaired) electrons. The minimum Gasteiger partial charge on any atom is -0.465 e. The second-order valence-electron chi connectivity index (χ2n) is 6.52. The Kier molecular flexibility index (Phi) is 6.77. The summed E-state index contributed by atoms with van der Waals surface area (Å²) in [6.07, 6.45) is 0. The third-order valence-corrected chi connectivity index (χ3v) is 5.47. The van der Waals surface area contributed by atoms with Crippen molar-refractivity contribution < 1.29 is 13.9 Å². The Balaban J connectivity index is 1.54. The zero-order valence-electron chi connectivity index (χ0n) is 15.4. The third-order valence-electron chi connectivity index (χ3n) is 4.46. The second kappa shape index (κ2) is 9.26. The highest BCUT2D eigenvalue weighted by molar-refractivity contribution is 8.00. The van der Waals surface area contributed by atoms with Gasteiger partial charge in [-0.05, 0) is 38.1 Å². The largest absolute Gasteiger partial charge is 0.465 e. The maximum absolute atomic E-state index is 12.3. The normalized spacial score (nSPS) is 16.4. The first-order chi connectivity index (χ1) is 12.6. The molecular weight excluding hydrogens is 348 g/mol. The number of nitrogens with one attached hydrogen (secondary N) is 1. The van der Waals surface area contributed by atoms with Gasteiger partial charge < -0.3 is 14.5 Å². The predicted molar refractivity (Wildman–Crippen MR) is 103 cm³/mol. The molecule has 1 atom stereocenters. The van der Waals surface area contributed by atoms with Crippen LogP contribution in [0.5, 0.6) is 0 Å². The maximum atomic E-state index is 12.3. The molecular formula is C20H26N2O3S. The number of hydrogen-bond donors (Lipinski definition) is 1. The molecule has 6 heteroatoms. The monoisotopic (exact) mass is 374 g/mol. The molecule has 1 fully saturated rings. The average molecular weight is 375 g/mol. The van der Waals surface area contributed by atoms with Crippen LogP contribution in [0.2, 0.25) is 0 Å². The van der Waals surface area contributed by atoms with E-state index in [4.69, 9.17) is 9.15 Å². The Morgan fingerprint density at radius 2 is 1.88 bits per heavy atom. The van der Waals surface area contributed by atoms with Gasteiger partial charge in [-0.15, -0.1) is 11.8 Å². The van der Waals surface area contributed by atoms with Crippen molar-refractivity contribution >= 4 is 17.7 Å². The number of ether oxygens (including phenoxy) is 1. The maximum Gasteiger partial charge on any atom is 0.230 e. The van der Waals surface area contributed by atoms with Crippen LogP contribution in [0.15, 0.2) is 45.7 Å². The minimum atomic E-state index is 0.0390. The number of rotatable bonds is 7. The third kappa shape index (κ3) is 5.37. The number of hydrogen-bond acceptors (Lipinski definition) is 5. The van der Waals surface area contributed by atoms with Crippen molar-refractivity contribution in [1.29, 1.82) is 0 Å². The van der Waals surface area contributed by atoms with Crippen LogP contribution >= 0.6 is 11.8 Å². The van der Waals surface area contributed by atoms with E-state index in [1.807, 2.05) is 19.1 Å². The van der Waals surface area contributed by atoms with Crippen molar-refractivity contribution in [2.75, 3.05) is 38.6 Å². The average Bonchev–Trinajstić information content (AvgIpc) is 3.08. The van der Waals surface area contributed by atoms with E-state index in [-0.39, 0.29) is 11.9 Å². The summed E-state index contributed by atoms with van der Waals surface area (Å²) < 4.78 is 11.3. The summed E-state index contributed by atoms with van der Waals surface area (Å²) in [4.78, 5) is 15.7. The van der Waals surface area contributed by atoms with E-state index in [2.05, 4.69) is 41.4 Å². The van der Waals surface area contributed by atoms with Gasteiger partial charge in [0.2, 0.25) is 5.91 Å². The summed E-state index contributed by atoms with van der Waals surface area (Å²) in [6.45, 7) is 7.66. The lowest BCUT2D eigenvalue weighted by Gasteiger charge is -2.33. The Bertz CT molecular complexity index is 708. The Hall–Kier alpha value is -1.76. The number of benzene rings is 1. The van der Waals surface area contributed by atoms with Crippen LogP contribution in [-0.4, -0.2) is 49.4 Å². The van der Waals surface area contributed by atoms with Gasteiger partial charge in [-0.1, -0.05) is 17.7 Å². The highest BCUT2D eigenvalue weighted by Gasteiger charge is 2.25. The van der Waals surface area contributed by atoms with Crippen molar-refractivity contribution in [3.8, 4) is 0 Å². The van der Waals surface area contributed by atoms with Gasteiger partial charge in [0, 0.05) is 24.5 Å². The number of furan rings is 1. The Labute approximate surface area is 159 Å². The van der Waals surface area contributed by atoms with E-state index in [1.165, 1.54) is 5.56 Å². The Morgan fingerprint density at radius 3 is 2.54 bits per heavy atom. The molecule has 3 rings (SSSR count). The van der Waals surface area contributed by atoms with E-state index in [9.17, 15) is 4.79 Å². The van der Waals surface area contributed by atoms with Crippen LogP contribution in [0.1, 0.15) is 23.1 Å². The first-order valence-corrected chi connectivity index (χ1v) is 9.94. The van der Waals surface area contributed by atoms with Crippen molar-refractivity contribution in [1.82, 2.24) is 10.2 Å². The molecule has 1 N–H and O–H groups in total. The summed E-state index contributed by atoms with van der Waals surface area (Å²) in [5.41, 5.74) is 1.22. The molecule has 5 nitrogen and oxygen atoms in total. The summed E-state index contributed by atoms with van der Waals surface area (Å²) >= 11 is 1.56. The fraction of sp³-hybridized carbons (Fsp3) is 0.450. The minimum absolute atomic E-state index is 0.0390. The van der Waals surface area contributed by atoms with Crippen LogP contribution in [0, 0.1) is 13.8 Å². The molecule has 1 amide bonds. The number of aryl methyl sites for hydroxylation is 2. The van der Waals surface area contributed by atoms with Gasteiger partial charge in [-0.25, -0.2) is 0 Å². The van der Waals surface area contributed by atoms with Gasteiger partial charge in [0.1, 0.15) is 11.5 Å². The lowest BCUT2D eigenvalue weighted by atomic mass is 10.1. The summed E-state index contributed by atoms with van der Waals surface area (Å²) in [7, 11) is 0. The first kappa shape index (κ1) is 19.0. The molecule has 0 aliphatic carbocycles. The van der Waals surface area contributed by atoms with Crippen molar-refractivity contribution in [2.24, 2.45) is 0 Å². The fourth-order valence-corrected chi connectivity index (χ4v) is 3.70. The van der Waals surface area contributed by atoms with E-state index >= 15 is 0 Å². The lowest BCUT2D eigenvalue weighted by molar-refractivity contribution is -0.118. The summed E-state index contributed by atoms with van der Waals surface area (Å²) in [5.74, 6) is 2.24. The van der Waals surface area contributed by atoms with Crippen LogP contribution in [0.3, 0.4) is 0 Å². The van der Waals surface area contributed by atoms with E-state index in [0.717, 1.165) is 29.5 Å². The smallest absolute Gasteiger partial charge is 0.230 e. The summed E-state index contributed by atoms with van der Waals surface area (Å²) in [5, 5.41) is 3.07. The van der Waals surface area contributed by atoms with Gasteiger partial charge >= 0.3 is 0 Å². The van der Waals surface area contributed by atoms with Crippen molar-refractivity contribution in [3.63, 3.8) is 0 Å². The van der Waals surface area contributed by atoms with Crippen molar-refractivity contribution in [2.45, 2.75) is 24.8 Å². The van der Waals surface area contributed by atoms with Gasteiger partial charge in [0.15, 0.2) is 0 Å². The molecule has 140 valence electrons. The highest BCUT2D eigenvalue weighted by atomic mass is 32.2. The molecule has 1 aromatic heterocycles. The van der Waals surface area contributed by atoms with Crippen LogP contribution in [0.25, 0.3) is 0 Å². The first-order valence-electron chi connectivity index (χ1n) is 8.96. The molecule has 26 heavy (non-hydrogen) atoms. The second-order valence-corrected chi connectivity index (χ2v) is 7.57. The number of nitrogens with zero attached hydrogens (tertiary/aromatic N) is 1. The predicted octanol–water partition coefficient (Wildman–Crippen LogP) is 3.18. The van der Waals surface area contributed by atoms with Gasteiger partial charge in [-0.2, -0.15) is 0 Å². The van der Waals surface area contributed by atoms with E-state index in [1.54, 1.807) is 11.8 Å². The van der Waals surface area contributed by atoms with Crippen LogP contribution < -0.4 is 5.32 Å². The standard InChI is InChI=1S/C20H26N2O3S/c1-15-3-6-17(7-4-15)26-14-20(23)21-13-18(19-8-5-16(2)25-19)22-9-11-24-12-10-22/h3-8,18H,9-14H2,1-2H3,(H,21,23)/t18-/m0/s1. The summed E-state index contributed by atoms with van der Waals surface area (Å²) in [6, 6.07) is 12.2. The number of carbonyl (C=O) groups excluding carboxylic acids is 1. The molecule has 1 aromatic carbocycles. The number of amides is 1. The number of morpholine rings is 1. The fourth-order valence-electron chi connectivity index (χ4n) is 2.98. The van der Waals surface area contributed by atoms with E-state index in [0.29, 0.717) is 25.5 Å². The Morgan fingerprint density at radius 1 is 1.15 bits per heavy atom. The SMILES string of the molecule is Cc1ccc(SCC(=O)NC[C@@H](c2ccc(C)o2)N2CCOCC2)cc1. The molecule has 1 aliphatic rings. The molecule has 1 aliphatic heterocycles. The molecule has 2 aromatic rings. The van der Waals surface area contributed by atoms with Crippen LogP contribution in [-0.2, 0) is 9.53 Å². The van der Waals surface area contributed by atoms with E-state index < -0.39 is 0 Å². The molecule has 0 saturated carbocycles. The van der Waals surface area contributed by atoms with Crippen LogP contribution in [0.4, 0.5) is 0 Å². The highest BCUT2D eigenvalue weighted by Crippen LogP contribution is 2.23. The molecule has 0 spiro atoms. The van der Waals surface area contributed by atoms with Gasteiger partial charge in [0.25, 0.3) is 0 Å². The number of thioether (sulfide) groups is 1. The van der Waals surface area contributed by atoms with Crippen molar-refractivity contribution in [3.05, 3.63) is 53.5 Å². The quantitative estimate of drug-likeness (QED) is 0.755. The molecule has 0 bridgehead atoms. The molecule has 0 unspecified atom stereocenters. The van der Waals surface area contributed by atoms with Gasteiger partial charge in [-0.3, -0.25) is 9.69 Å². The van der Waals surface area contributed by atoms with Gasteiger partial charge in [0.05, 0.1) is 25.0 Å². The number of carbonyl (C=O) groups is 1.